The van der Waals surface area contributed by atoms with Gasteiger partial charge in [-0.1, -0.05) is 30.3 Å². The van der Waals surface area contributed by atoms with Crippen LogP contribution in [0.3, 0.4) is 0 Å². The van der Waals surface area contributed by atoms with E-state index >= 15 is 0 Å². The molecule has 0 N–H and O–H groups in total. The number of amides is 1. The van der Waals surface area contributed by atoms with Crippen LogP contribution in [0.2, 0.25) is 0 Å². The Morgan fingerprint density at radius 1 is 1.06 bits per heavy atom. The Morgan fingerprint density at radius 2 is 1.72 bits per heavy atom. The highest BCUT2D eigenvalue weighted by Gasteiger charge is 2.33. The molecule has 0 aliphatic carbocycles. The van der Waals surface area contributed by atoms with E-state index in [1.807, 2.05) is 0 Å². The number of carbonyl (C=O) groups excluding carboxylic acids is 1. The van der Waals surface area contributed by atoms with Crippen molar-refractivity contribution < 1.29 is 26.8 Å². The molecule has 32 heavy (non-hydrogen) atoms. The van der Waals surface area contributed by atoms with E-state index in [-0.39, 0.29) is 39.8 Å². The lowest BCUT2D eigenvalue weighted by atomic mass is 10.2. The van der Waals surface area contributed by atoms with Gasteiger partial charge in [-0.05, 0) is 24.3 Å². The molecule has 0 saturated carbocycles. The second-order valence-corrected chi connectivity index (χ2v) is 9.09. The van der Waals surface area contributed by atoms with Crippen molar-refractivity contribution in [1.82, 2.24) is 9.88 Å². The van der Waals surface area contributed by atoms with Crippen molar-refractivity contribution in [2.24, 2.45) is 0 Å². The first-order valence-electron chi connectivity index (χ1n) is 9.99. The topological polar surface area (TPSA) is 92.9 Å². The molecule has 0 bridgehead atoms. The van der Waals surface area contributed by atoms with Gasteiger partial charge < -0.3 is 19.0 Å². The van der Waals surface area contributed by atoms with Crippen LogP contribution in [0.5, 0.6) is 0 Å². The summed E-state index contributed by atoms with van der Waals surface area (Å²) in [6, 6.07) is 13.8. The number of oxazole rings is 1. The van der Waals surface area contributed by atoms with Crippen LogP contribution in [0.1, 0.15) is 0 Å². The molecule has 4 rings (SSSR count). The number of ether oxygens (including phenoxy) is 1. The van der Waals surface area contributed by atoms with Crippen LogP contribution >= 0.6 is 0 Å². The summed E-state index contributed by atoms with van der Waals surface area (Å²) < 4.78 is 51.8. The van der Waals surface area contributed by atoms with Gasteiger partial charge in [-0.2, -0.15) is 4.98 Å². The van der Waals surface area contributed by atoms with Crippen molar-refractivity contribution in [2.75, 3.05) is 44.8 Å². The summed E-state index contributed by atoms with van der Waals surface area (Å²) in [4.78, 5) is 19.7. The Kier molecular flexibility index (Phi) is 6.24. The lowest BCUT2D eigenvalue weighted by Crippen LogP contribution is -2.49. The standard InChI is InChI=1S/C22H22FN3O5S/c1-30-15-19(27)25-11-13-26(14-12-25)22-21(32(28,29)16-7-3-2-4-8-16)24-20(31-22)17-9-5-6-10-18(17)23/h2-10H,11-15H2,1H3. The first kappa shape index (κ1) is 22.0. The monoisotopic (exact) mass is 459 g/mol. The summed E-state index contributed by atoms with van der Waals surface area (Å²) in [7, 11) is -2.57. The maximum Gasteiger partial charge on any atom is 0.248 e. The first-order chi connectivity index (χ1) is 15.4. The molecule has 1 fully saturated rings. The zero-order valence-corrected chi connectivity index (χ0v) is 18.2. The molecule has 8 nitrogen and oxygen atoms in total. The van der Waals surface area contributed by atoms with E-state index < -0.39 is 15.7 Å². The molecular formula is C22H22FN3O5S. The Labute approximate surface area is 185 Å². The van der Waals surface area contributed by atoms with E-state index in [1.165, 1.54) is 37.4 Å². The highest BCUT2D eigenvalue weighted by atomic mass is 32.2. The molecule has 1 saturated heterocycles. The van der Waals surface area contributed by atoms with Crippen molar-refractivity contribution in [3.63, 3.8) is 0 Å². The van der Waals surface area contributed by atoms with Gasteiger partial charge in [0.15, 0.2) is 0 Å². The molecule has 1 amide bonds. The normalized spacial score (nSPS) is 14.6. The van der Waals surface area contributed by atoms with Crippen LogP contribution in [-0.4, -0.2) is 64.1 Å². The van der Waals surface area contributed by atoms with Gasteiger partial charge in [-0.25, -0.2) is 12.8 Å². The predicted molar refractivity (Wildman–Crippen MR) is 114 cm³/mol. The Hall–Kier alpha value is -3.24. The number of rotatable bonds is 6. The average Bonchev–Trinajstić information content (AvgIpc) is 3.26. The predicted octanol–water partition coefficient (Wildman–Crippen LogP) is 2.61. The number of benzene rings is 2. The zero-order chi connectivity index (χ0) is 22.7. The van der Waals surface area contributed by atoms with Crippen molar-refractivity contribution >= 4 is 21.6 Å². The maximum absolute atomic E-state index is 14.4. The molecule has 0 unspecified atom stereocenters. The van der Waals surface area contributed by atoms with E-state index in [0.717, 1.165) is 0 Å². The second-order valence-electron chi connectivity index (χ2n) is 7.23. The summed E-state index contributed by atoms with van der Waals surface area (Å²) in [5.41, 5.74) is 0.0668. The number of methoxy groups -OCH3 is 1. The molecule has 10 heteroatoms. The second kappa shape index (κ2) is 9.09. The zero-order valence-electron chi connectivity index (χ0n) is 17.4. The van der Waals surface area contributed by atoms with Gasteiger partial charge in [0.05, 0.1) is 10.5 Å². The van der Waals surface area contributed by atoms with Crippen molar-refractivity contribution in [2.45, 2.75) is 9.92 Å². The molecule has 168 valence electrons. The van der Waals surface area contributed by atoms with Gasteiger partial charge in [0, 0.05) is 33.3 Å². The third-order valence-electron chi connectivity index (χ3n) is 5.18. The average molecular weight is 459 g/mol. The maximum atomic E-state index is 14.4. The number of hydrogen-bond acceptors (Lipinski definition) is 7. The minimum atomic E-state index is -4.03. The van der Waals surface area contributed by atoms with Gasteiger partial charge in [-0.3, -0.25) is 4.79 Å². The third kappa shape index (κ3) is 4.23. The van der Waals surface area contributed by atoms with Gasteiger partial charge in [0.2, 0.25) is 32.5 Å². The van der Waals surface area contributed by atoms with Crippen LogP contribution < -0.4 is 4.90 Å². The number of halogens is 1. The van der Waals surface area contributed by atoms with Crippen LogP contribution in [0.4, 0.5) is 10.3 Å². The van der Waals surface area contributed by atoms with Gasteiger partial charge in [-0.15, -0.1) is 0 Å². The van der Waals surface area contributed by atoms with E-state index in [4.69, 9.17) is 9.15 Å². The summed E-state index contributed by atoms with van der Waals surface area (Å²) >= 11 is 0. The van der Waals surface area contributed by atoms with Crippen LogP contribution in [0.25, 0.3) is 11.5 Å². The Balaban J connectivity index is 1.73. The highest BCUT2D eigenvalue weighted by Crippen LogP contribution is 2.35. The Bertz CT molecular complexity index is 1210. The summed E-state index contributed by atoms with van der Waals surface area (Å²) in [5.74, 6) is -0.802. The molecule has 1 aliphatic heterocycles. The van der Waals surface area contributed by atoms with Gasteiger partial charge in [0.1, 0.15) is 12.4 Å². The van der Waals surface area contributed by atoms with Crippen molar-refractivity contribution in [3.8, 4) is 11.5 Å². The quantitative estimate of drug-likeness (QED) is 0.559. The minimum Gasteiger partial charge on any atom is -0.419 e. The summed E-state index contributed by atoms with van der Waals surface area (Å²) in [6.45, 7) is 1.37. The molecule has 0 atom stereocenters. The fourth-order valence-electron chi connectivity index (χ4n) is 3.51. The minimum absolute atomic E-state index is 0.0205. The molecule has 3 aromatic rings. The summed E-state index contributed by atoms with van der Waals surface area (Å²) in [5, 5.41) is -0.279. The van der Waals surface area contributed by atoms with E-state index in [9.17, 15) is 17.6 Å². The fourth-order valence-corrected chi connectivity index (χ4v) is 4.85. The molecular weight excluding hydrogens is 437 g/mol. The molecule has 1 aliphatic rings. The summed E-state index contributed by atoms with van der Waals surface area (Å²) in [6.07, 6.45) is 0. The third-order valence-corrected chi connectivity index (χ3v) is 6.85. The lowest BCUT2D eigenvalue weighted by Gasteiger charge is -2.34. The number of carbonyl (C=O) groups is 1. The molecule has 2 heterocycles. The SMILES string of the molecule is COCC(=O)N1CCN(c2oc(-c3ccccc3F)nc2S(=O)(=O)c2ccccc2)CC1. The number of nitrogens with zero attached hydrogens (tertiary/aromatic N) is 3. The molecule has 2 aromatic carbocycles. The van der Waals surface area contributed by atoms with E-state index in [0.29, 0.717) is 26.2 Å². The van der Waals surface area contributed by atoms with Crippen LogP contribution in [0.15, 0.2) is 68.9 Å². The van der Waals surface area contributed by atoms with Crippen molar-refractivity contribution in [1.29, 1.82) is 0 Å². The van der Waals surface area contributed by atoms with Crippen molar-refractivity contribution in [3.05, 3.63) is 60.4 Å². The molecule has 0 spiro atoms. The number of sulfone groups is 1. The van der Waals surface area contributed by atoms with Gasteiger partial charge >= 0.3 is 0 Å². The van der Waals surface area contributed by atoms with E-state index in [2.05, 4.69) is 4.98 Å². The van der Waals surface area contributed by atoms with E-state index in [1.54, 1.807) is 34.1 Å². The Morgan fingerprint density at radius 3 is 2.38 bits per heavy atom. The number of anilines is 1. The van der Waals surface area contributed by atoms with Gasteiger partial charge in [0.25, 0.3) is 0 Å². The first-order valence-corrected chi connectivity index (χ1v) is 11.5. The fraction of sp³-hybridized carbons (Fsp3) is 0.273. The number of piperazine rings is 1. The molecule has 1 aromatic heterocycles. The smallest absolute Gasteiger partial charge is 0.248 e. The molecule has 0 radical (unpaired) electrons. The number of hydrogen-bond donors (Lipinski definition) is 0. The van der Waals surface area contributed by atoms with Crippen LogP contribution in [-0.2, 0) is 19.4 Å². The van der Waals surface area contributed by atoms with Crippen LogP contribution in [0, 0.1) is 5.82 Å². The number of aromatic nitrogens is 1. The highest BCUT2D eigenvalue weighted by molar-refractivity contribution is 7.91. The largest absolute Gasteiger partial charge is 0.419 e. The lowest BCUT2D eigenvalue weighted by molar-refractivity contribution is -0.135.